The molecule has 4 rings (SSSR count). The lowest BCUT2D eigenvalue weighted by atomic mass is 9.76. The number of nitrogens with zero attached hydrogens (tertiary/aromatic N) is 1. The summed E-state index contributed by atoms with van der Waals surface area (Å²) in [4.78, 5) is 2.50. The molecule has 0 radical (unpaired) electrons. The summed E-state index contributed by atoms with van der Waals surface area (Å²) >= 11 is 1.83. The van der Waals surface area contributed by atoms with Crippen molar-refractivity contribution in [2.75, 3.05) is 32.9 Å². The average molecular weight is 303 g/mol. The highest BCUT2D eigenvalue weighted by Crippen LogP contribution is 2.42. The lowest BCUT2D eigenvalue weighted by Crippen LogP contribution is -2.42. The van der Waals surface area contributed by atoms with Crippen molar-refractivity contribution in [3.05, 3.63) is 35.2 Å². The van der Waals surface area contributed by atoms with Gasteiger partial charge in [-0.1, -0.05) is 18.2 Å². The molecule has 2 fully saturated rings. The third kappa shape index (κ3) is 2.30. The Morgan fingerprint density at radius 2 is 2.29 bits per heavy atom. The standard InChI is InChI=1S/C17H21NO2S/c19-11-17-10-18(8-14(17)5-6-20-12-17)7-13-9-21-16-4-2-1-3-15(13)16/h1-4,9,14,19H,5-8,10-12H2/t14-,17+/m0/s1. The highest BCUT2D eigenvalue weighted by molar-refractivity contribution is 7.17. The molecule has 2 saturated heterocycles. The Hall–Kier alpha value is -0.940. The van der Waals surface area contributed by atoms with Gasteiger partial charge in [0.2, 0.25) is 0 Å². The van der Waals surface area contributed by atoms with Gasteiger partial charge in [0, 0.05) is 36.4 Å². The molecule has 2 aromatic rings. The fourth-order valence-corrected chi connectivity index (χ4v) is 4.90. The van der Waals surface area contributed by atoms with E-state index in [1.807, 2.05) is 11.3 Å². The van der Waals surface area contributed by atoms with E-state index in [2.05, 4.69) is 34.5 Å². The van der Waals surface area contributed by atoms with Crippen LogP contribution >= 0.6 is 11.3 Å². The normalized spacial score (nSPS) is 29.9. The van der Waals surface area contributed by atoms with Crippen molar-refractivity contribution in [1.29, 1.82) is 0 Å². The van der Waals surface area contributed by atoms with Crippen LogP contribution in [-0.2, 0) is 11.3 Å². The molecule has 2 aliphatic heterocycles. The number of thiophene rings is 1. The van der Waals surface area contributed by atoms with Crippen LogP contribution in [0.15, 0.2) is 29.6 Å². The number of hydrogen-bond acceptors (Lipinski definition) is 4. The highest BCUT2D eigenvalue weighted by Gasteiger charge is 2.47. The summed E-state index contributed by atoms with van der Waals surface area (Å²) in [7, 11) is 0. The van der Waals surface area contributed by atoms with Crippen molar-refractivity contribution in [3.63, 3.8) is 0 Å². The zero-order chi connectivity index (χ0) is 14.3. The van der Waals surface area contributed by atoms with Gasteiger partial charge < -0.3 is 9.84 Å². The quantitative estimate of drug-likeness (QED) is 0.946. The Labute approximate surface area is 129 Å². The fourth-order valence-electron chi connectivity index (χ4n) is 3.95. The largest absolute Gasteiger partial charge is 0.396 e. The molecular weight excluding hydrogens is 282 g/mol. The van der Waals surface area contributed by atoms with E-state index in [1.54, 1.807) is 0 Å². The van der Waals surface area contributed by atoms with Crippen molar-refractivity contribution in [3.8, 4) is 0 Å². The lowest BCUT2D eigenvalue weighted by molar-refractivity contribution is -0.0561. The molecule has 4 heteroatoms. The summed E-state index contributed by atoms with van der Waals surface area (Å²) in [5, 5.41) is 13.5. The zero-order valence-corrected chi connectivity index (χ0v) is 12.9. The topological polar surface area (TPSA) is 32.7 Å². The minimum Gasteiger partial charge on any atom is -0.396 e. The molecule has 0 saturated carbocycles. The van der Waals surface area contributed by atoms with Gasteiger partial charge in [0.1, 0.15) is 0 Å². The van der Waals surface area contributed by atoms with Gasteiger partial charge >= 0.3 is 0 Å². The van der Waals surface area contributed by atoms with E-state index in [-0.39, 0.29) is 12.0 Å². The van der Waals surface area contributed by atoms with Gasteiger partial charge in [-0.3, -0.25) is 4.90 Å². The molecule has 1 N–H and O–H groups in total. The Morgan fingerprint density at radius 1 is 1.38 bits per heavy atom. The van der Waals surface area contributed by atoms with E-state index in [9.17, 15) is 5.11 Å². The van der Waals surface area contributed by atoms with Crippen LogP contribution in [0.5, 0.6) is 0 Å². The van der Waals surface area contributed by atoms with Gasteiger partial charge in [-0.2, -0.15) is 0 Å². The Morgan fingerprint density at radius 3 is 3.14 bits per heavy atom. The minimum absolute atomic E-state index is 0.0237. The van der Waals surface area contributed by atoms with E-state index in [4.69, 9.17) is 4.74 Å². The number of likely N-dealkylation sites (tertiary alicyclic amines) is 1. The Balaban J connectivity index is 1.56. The van der Waals surface area contributed by atoms with Crippen molar-refractivity contribution < 1.29 is 9.84 Å². The van der Waals surface area contributed by atoms with E-state index in [0.29, 0.717) is 5.92 Å². The van der Waals surface area contributed by atoms with Crippen LogP contribution in [0.25, 0.3) is 10.1 Å². The van der Waals surface area contributed by atoms with Crippen molar-refractivity contribution in [1.82, 2.24) is 4.90 Å². The lowest BCUT2D eigenvalue weighted by Gasteiger charge is -2.36. The zero-order valence-electron chi connectivity index (χ0n) is 12.1. The predicted octanol–water partition coefficient (Wildman–Crippen LogP) is 2.73. The molecule has 1 aromatic heterocycles. The fraction of sp³-hybridized carbons (Fsp3) is 0.529. The molecule has 2 atom stereocenters. The number of rotatable bonds is 3. The first-order valence-corrected chi connectivity index (χ1v) is 8.55. The molecule has 3 nitrogen and oxygen atoms in total. The first-order valence-electron chi connectivity index (χ1n) is 7.67. The summed E-state index contributed by atoms with van der Waals surface area (Å²) in [6.07, 6.45) is 1.08. The maximum atomic E-state index is 9.86. The SMILES string of the molecule is OC[C@]12COCC[C@H]1CN(Cc1csc3ccccc13)C2. The summed E-state index contributed by atoms with van der Waals surface area (Å²) in [5.74, 6) is 0.584. The van der Waals surface area contributed by atoms with Crippen LogP contribution in [0.3, 0.4) is 0 Å². The first kappa shape index (κ1) is 13.7. The predicted molar refractivity (Wildman–Crippen MR) is 85.5 cm³/mol. The maximum absolute atomic E-state index is 9.86. The van der Waals surface area contributed by atoms with Crippen molar-refractivity contribution >= 4 is 21.4 Å². The van der Waals surface area contributed by atoms with Crippen LogP contribution in [0.2, 0.25) is 0 Å². The summed E-state index contributed by atoms with van der Waals surface area (Å²) in [6, 6.07) is 8.63. The number of aliphatic hydroxyl groups is 1. The van der Waals surface area contributed by atoms with Gasteiger partial charge in [0.05, 0.1) is 13.2 Å². The number of hydrogen-bond donors (Lipinski definition) is 1. The average Bonchev–Trinajstić information content (AvgIpc) is 3.09. The van der Waals surface area contributed by atoms with Gasteiger partial charge in [0.25, 0.3) is 0 Å². The maximum Gasteiger partial charge on any atom is 0.0559 e. The molecule has 1 aromatic carbocycles. The van der Waals surface area contributed by atoms with E-state index in [1.165, 1.54) is 15.6 Å². The number of fused-ring (bicyclic) bond motifs is 2. The van der Waals surface area contributed by atoms with Crippen LogP contribution < -0.4 is 0 Å². The second-order valence-corrected chi connectivity index (χ2v) is 7.40. The monoisotopic (exact) mass is 303 g/mol. The van der Waals surface area contributed by atoms with Crippen LogP contribution in [0.1, 0.15) is 12.0 Å². The second kappa shape index (κ2) is 5.36. The molecule has 21 heavy (non-hydrogen) atoms. The molecule has 0 spiro atoms. The van der Waals surface area contributed by atoms with Gasteiger partial charge in [-0.25, -0.2) is 0 Å². The molecule has 3 heterocycles. The number of ether oxygens (including phenoxy) is 1. The molecule has 0 amide bonds. The first-order chi connectivity index (χ1) is 10.3. The second-order valence-electron chi connectivity index (χ2n) is 6.49. The van der Waals surface area contributed by atoms with Crippen molar-refractivity contribution in [2.24, 2.45) is 11.3 Å². The van der Waals surface area contributed by atoms with Gasteiger partial charge in [0.15, 0.2) is 0 Å². The molecular formula is C17H21NO2S. The van der Waals surface area contributed by atoms with Crippen LogP contribution in [-0.4, -0.2) is 42.9 Å². The van der Waals surface area contributed by atoms with E-state index >= 15 is 0 Å². The summed E-state index contributed by atoms with van der Waals surface area (Å²) < 4.78 is 7.01. The van der Waals surface area contributed by atoms with E-state index in [0.717, 1.165) is 39.3 Å². The van der Waals surface area contributed by atoms with Gasteiger partial charge in [-0.05, 0) is 34.7 Å². The highest BCUT2D eigenvalue weighted by atomic mass is 32.1. The molecule has 0 aliphatic carbocycles. The Bertz CT molecular complexity index is 641. The smallest absolute Gasteiger partial charge is 0.0559 e. The third-order valence-electron chi connectivity index (χ3n) is 5.15. The third-order valence-corrected chi connectivity index (χ3v) is 6.17. The molecule has 2 aliphatic rings. The minimum atomic E-state index is -0.0237. The summed E-state index contributed by atoms with van der Waals surface area (Å²) in [6.45, 7) is 4.85. The van der Waals surface area contributed by atoms with Crippen molar-refractivity contribution in [2.45, 2.75) is 13.0 Å². The number of benzene rings is 1. The van der Waals surface area contributed by atoms with Crippen LogP contribution in [0.4, 0.5) is 0 Å². The summed E-state index contributed by atoms with van der Waals surface area (Å²) in [5.41, 5.74) is 1.40. The van der Waals surface area contributed by atoms with Gasteiger partial charge in [-0.15, -0.1) is 11.3 Å². The number of aliphatic hydroxyl groups excluding tert-OH is 1. The molecule has 0 unspecified atom stereocenters. The van der Waals surface area contributed by atoms with E-state index < -0.39 is 0 Å². The van der Waals surface area contributed by atoms with Crippen LogP contribution in [0, 0.1) is 11.3 Å². The Kier molecular flexibility index (Phi) is 3.50. The molecule has 112 valence electrons. The molecule has 0 bridgehead atoms.